The zero-order chi connectivity index (χ0) is 27.8. The van der Waals surface area contributed by atoms with Crippen LogP contribution in [0.3, 0.4) is 0 Å². The van der Waals surface area contributed by atoms with E-state index in [0.29, 0.717) is 19.6 Å². The summed E-state index contributed by atoms with van der Waals surface area (Å²) < 4.78 is 6.44. The Morgan fingerprint density at radius 1 is 1.12 bits per heavy atom. The number of phenols is 1. The van der Waals surface area contributed by atoms with Crippen LogP contribution in [0.1, 0.15) is 49.2 Å². The van der Waals surface area contributed by atoms with Gasteiger partial charge in [0.1, 0.15) is 5.75 Å². The van der Waals surface area contributed by atoms with E-state index in [1.165, 1.54) is 16.0 Å². The van der Waals surface area contributed by atoms with Gasteiger partial charge in [0.25, 0.3) is 0 Å². The third-order valence-electron chi connectivity index (χ3n) is 8.51. The number of likely N-dealkylation sites (tertiary alicyclic amines) is 1. The summed E-state index contributed by atoms with van der Waals surface area (Å²) in [6.07, 6.45) is 5.87. The Kier molecular flexibility index (Phi) is 7.43. The van der Waals surface area contributed by atoms with E-state index in [-0.39, 0.29) is 47.3 Å². The molecule has 3 aromatic rings. The number of hydrogen-bond acceptors (Lipinski definition) is 6. The van der Waals surface area contributed by atoms with E-state index in [2.05, 4.69) is 24.9 Å². The number of benzene rings is 1. The maximum absolute atomic E-state index is 13.7. The van der Waals surface area contributed by atoms with Crippen LogP contribution in [0.15, 0.2) is 77.3 Å². The summed E-state index contributed by atoms with van der Waals surface area (Å²) in [5, 5.41) is 12.0. The summed E-state index contributed by atoms with van der Waals surface area (Å²) >= 11 is 1.58. The summed E-state index contributed by atoms with van der Waals surface area (Å²) in [4.78, 5) is 34.3. The van der Waals surface area contributed by atoms with Gasteiger partial charge in [0, 0.05) is 17.0 Å². The smallest absolute Gasteiger partial charge is 0.234 e. The van der Waals surface area contributed by atoms with Gasteiger partial charge in [0.05, 0.1) is 36.8 Å². The van der Waals surface area contributed by atoms with Gasteiger partial charge in [-0.3, -0.25) is 19.5 Å². The third-order valence-corrected chi connectivity index (χ3v) is 9.37. The predicted octanol–water partition coefficient (Wildman–Crippen LogP) is 6.34. The molecule has 2 amide bonds. The minimum Gasteiger partial charge on any atom is -0.508 e. The Bertz CT molecular complexity index is 1460. The van der Waals surface area contributed by atoms with Crippen LogP contribution in [0, 0.1) is 23.7 Å². The van der Waals surface area contributed by atoms with Gasteiger partial charge in [-0.2, -0.15) is 0 Å². The molecular formula is C33H34N2O4S. The molecule has 206 valence electrons. The van der Waals surface area contributed by atoms with Gasteiger partial charge < -0.3 is 9.84 Å². The molecule has 1 aromatic carbocycles. The van der Waals surface area contributed by atoms with Gasteiger partial charge in [-0.05, 0) is 83.7 Å². The average Bonchev–Trinajstić information content (AvgIpc) is 3.67. The van der Waals surface area contributed by atoms with E-state index in [1.54, 1.807) is 29.7 Å². The summed E-state index contributed by atoms with van der Waals surface area (Å²) in [5.41, 5.74) is 5.39. The molecule has 7 heteroatoms. The second-order valence-electron chi connectivity index (χ2n) is 11.3. The maximum atomic E-state index is 13.7. The second-order valence-corrected chi connectivity index (χ2v) is 12.3. The first-order chi connectivity index (χ1) is 19.4. The van der Waals surface area contributed by atoms with Gasteiger partial charge in [0.2, 0.25) is 11.8 Å². The standard InChI is InChI=1S/C33H34N2O4S/c1-20(2)25-17-26-31(33(38)35(32(26)37)18-24-9-6-14-40-24)27-19-39-29(30(25)27)12-11-22(28-10-3-4-13-34-28)15-21-7-5-8-23(36)16-21/h3-10,13-16,20,26-27,29,31,36H,11-12,17-19H2,1-2H3/b22-15-/t26-,27+,29-,31-/m1/s1. The van der Waals surface area contributed by atoms with E-state index in [9.17, 15) is 14.7 Å². The van der Waals surface area contributed by atoms with Gasteiger partial charge in [-0.1, -0.05) is 43.7 Å². The Hall–Kier alpha value is -3.55. The largest absolute Gasteiger partial charge is 0.508 e. The summed E-state index contributed by atoms with van der Waals surface area (Å²) in [6, 6.07) is 17.0. The molecule has 40 heavy (non-hydrogen) atoms. The van der Waals surface area contributed by atoms with Crippen molar-refractivity contribution in [2.75, 3.05) is 6.61 Å². The first-order valence-electron chi connectivity index (χ1n) is 14.0. The van der Waals surface area contributed by atoms with Crippen molar-refractivity contribution in [2.45, 2.75) is 45.8 Å². The first-order valence-corrected chi connectivity index (χ1v) is 14.9. The Morgan fingerprint density at radius 3 is 2.73 bits per heavy atom. The minimum atomic E-state index is -0.340. The molecule has 0 radical (unpaired) electrons. The van der Waals surface area contributed by atoms with Crippen LogP contribution in [-0.4, -0.2) is 39.5 Å². The molecule has 6 nitrogen and oxygen atoms in total. The predicted molar refractivity (Wildman–Crippen MR) is 156 cm³/mol. The van der Waals surface area contributed by atoms with Crippen LogP contribution >= 0.6 is 11.3 Å². The fourth-order valence-electron chi connectivity index (χ4n) is 6.67. The number of carbonyl (C=O) groups excluding carboxylic acids is 2. The van der Waals surface area contributed by atoms with Crippen LogP contribution in [-0.2, 0) is 20.9 Å². The number of pyridine rings is 1. The number of aromatic nitrogens is 1. The van der Waals surface area contributed by atoms with Crippen LogP contribution in [0.5, 0.6) is 5.75 Å². The molecule has 0 unspecified atom stereocenters. The number of imide groups is 1. The van der Waals surface area contributed by atoms with Gasteiger partial charge in [-0.15, -0.1) is 11.3 Å². The highest BCUT2D eigenvalue weighted by Gasteiger charge is 2.57. The van der Waals surface area contributed by atoms with E-state index in [4.69, 9.17) is 4.74 Å². The lowest BCUT2D eigenvalue weighted by Crippen LogP contribution is -2.35. The lowest BCUT2D eigenvalue weighted by molar-refractivity contribution is -0.140. The van der Waals surface area contributed by atoms with Crippen molar-refractivity contribution in [1.29, 1.82) is 0 Å². The van der Waals surface area contributed by atoms with Gasteiger partial charge in [-0.25, -0.2) is 0 Å². The van der Waals surface area contributed by atoms with Gasteiger partial charge >= 0.3 is 0 Å². The first kappa shape index (κ1) is 26.7. The summed E-state index contributed by atoms with van der Waals surface area (Å²) in [6.45, 7) is 5.19. The second kappa shape index (κ2) is 11.1. The molecule has 2 saturated heterocycles. The van der Waals surface area contributed by atoms with E-state index in [0.717, 1.165) is 34.5 Å². The van der Waals surface area contributed by atoms with Crippen molar-refractivity contribution in [2.24, 2.45) is 23.7 Å². The quantitative estimate of drug-likeness (QED) is 0.260. The number of rotatable bonds is 8. The highest BCUT2D eigenvalue weighted by Crippen LogP contribution is 2.51. The molecular weight excluding hydrogens is 520 g/mol. The molecule has 0 bridgehead atoms. The van der Waals surface area contributed by atoms with Crippen molar-refractivity contribution in [3.05, 3.63) is 93.5 Å². The van der Waals surface area contributed by atoms with Crippen molar-refractivity contribution < 1.29 is 19.4 Å². The highest BCUT2D eigenvalue weighted by molar-refractivity contribution is 7.09. The molecule has 1 N–H and O–H groups in total. The number of amides is 2. The van der Waals surface area contributed by atoms with Crippen LogP contribution in [0.25, 0.3) is 11.6 Å². The molecule has 6 rings (SSSR count). The number of carbonyl (C=O) groups is 2. The topological polar surface area (TPSA) is 79.7 Å². The molecule has 1 aliphatic carbocycles. The van der Waals surface area contributed by atoms with Crippen molar-refractivity contribution in [1.82, 2.24) is 9.88 Å². The number of phenolic OH excluding ortho intramolecular Hbond substituents is 1. The lowest BCUT2D eigenvalue weighted by Gasteiger charge is -2.33. The average molecular weight is 555 g/mol. The zero-order valence-corrected chi connectivity index (χ0v) is 23.6. The Labute approximate surface area is 239 Å². The number of fused-ring (bicyclic) bond motifs is 3. The molecule has 3 aliphatic rings. The Balaban J connectivity index is 1.27. The molecule has 2 fully saturated rings. The van der Waals surface area contributed by atoms with E-state index < -0.39 is 0 Å². The van der Waals surface area contributed by atoms with Crippen LogP contribution < -0.4 is 0 Å². The Morgan fingerprint density at radius 2 is 2.00 bits per heavy atom. The SMILES string of the molecule is CC(C)C1=C2[C@@H](CC/C(=C/c3cccc(O)c3)c3ccccn3)OC[C@@H]2[C@@H]2C(=O)N(Cc3cccs3)C(=O)[C@@H]2C1. The number of allylic oxidation sites excluding steroid dienone is 2. The van der Waals surface area contributed by atoms with Gasteiger partial charge in [0.15, 0.2) is 0 Å². The number of thiophene rings is 1. The monoisotopic (exact) mass is 554 g/mol. The molecule has 4 atom stereocenters. The number of hydrogen-bond donors (Lipinski definition) is 1. The fourth-order valence-corrected chi connectivity index (χ4v) is 7.36. The third kappa shape index (κ3) is 5.04. The fraction of sp³-hybridized carbons (Fsp3) is 0.364. The minimum absolute atomic E-state index is 0.0319. The van der Waals surface area contributed by atoms with E-state index >= 15 is 0 Å². The molecule has 2 aromatic heterocycles. The normalized spacial score (nSPS) is 24.7. The van der Waals surface area contributed by atoms with Crippen LogP contribution in [0.2, 0.25) is 0 Å². The van der Waals surface area contributed by atoms with Crippen molar-refractivity contribution >= 4 is 34.8 Å². The number of nitrogens with zero attached hydrogens (tertiary/aromatic N) is 2. The van der Waals surface area contributed by atoms with Crippen LogP contribution in [0.4, 0.5) is 0 Å². The molecule has 2 aliphatic heterocycles. The zero-order valence-electron chi connectivity index (χ0n) is 22.8. The summed E-state index contributed by atoms with van der Waals surface area (Å²) in [7, 11) is 0. The molecule has 0 spiro atoms. The lowest BCUT2D eigenvalue weighted by atomic mass is 9.67. The molecule has 0 saturated carbocycles. The number of aromatic hydroxyl groups is 1. The molecule has 4 heterocycles. The van der Waals surface area contributed by atoms with E-state index in [1.807, 2.05) is 47.8 Å². The van der Waals surface area contributed by atoms with Crippen molar-refractivity contribution in [3.63, 3.8) is 0 Å². The number of ether oxygens (including phenoxy) is 1. The highest BCUT2D eigenvalue weighted by atomic mass is 32.1. The van der Waals surface area contributed by atoms with Crippen molar-refractivity contribution in [3.8, 4) is 5.75 Å². The maximum Gasteiger partial charge on any atom is 0.234 e. The summed E-state index contributed by atoms with van der Waals surface area (Å²) in [5.74, 6) is -0.270.